The summed E-state index contributed by atoms with van der Waals surface area (Å²) in [7, 11) is 0. The van der Waals surface area contributed by atoms with E-state index in [9.17, 15) is 4.39 Å². The molecule has 3 heteroatoms. The molecule has 0 N–H and O–H groups in total. The molecule has 0 spiro atoms. The van der Waals surface area contributed by atoms with Gasteiger partial charge in [-0.05, 0) is 81.9 Å². The second-order valence-corrected chi connectivity index (χ2v) is 9.33. The monoisotopic (exact) mass is 508 g/mol. The summed E-state index contributed by atoms with van der Waals surface area (Å²) < 4.78 is 25.9. The van der Waals surface area contributed by atoms with Gasteiger partial charge in [-0.3, -0.25) is 0 Å². The van der Waals surface area contributed by atoms with E-state index in [1.165, 1.54) is 12.1 Å². The van der Waals surface area contributed by atoms with Gasteiger partial charge in [-0.2, -0.15) is 0 Å². The van der Waals surface area contributed by atoms with Gasteiger partial charge in [-0.25, -0.2) is 4.39 Å². The third-order valence-corrected chi connectivity index (χ3v) is 6.55. The predicted octanol–water partition coefficient (Wildman–Crippen LogP) is 8.69. The molecule has 0 saturated carbocycles. The van der Waals surface area contributed by atoms with E-state index >= 15 is 0 Å². The number of hydrogen-bond donors (Lipinski definition) is 0. The minimum absolute atomic E-state index is 0.268. The van der Waals surface area contributed by atoms with Gasteiger partial charge >= 0.3 is 0 Å². The summed E-state index contributed by atoms with van der Waals surface area (Å²) in [5.74, 6) is 7.48. The summed E-state index contributed by atoms with van der Waals surface area (Å²) in [5, 5.41) is 4.22. The smallest absolute Gasteiger partial charge is 0.169 e. The van der Waals surface area contributed by atoms with Crippen LogP contribution >= 0.6 is 0 Å². The van der Waals surface area contributed by atoms with Gasteiger partial charge < -0.3 is 9.47 Å². The van der Waals surface area contributed by atoms with Crippen LogP contribution in [0.4, 0.5) is 4.39 Å². The number of hydrogen-bond acceptors (Lipinski definition) is 2. The number of rotatable bonds is 6. The highest BCUT2D eigenvalue weighted by atomic mass is 19.1. The van der Waals surface area contributed by atoms with E-state index in [4.69, 9.17) is 9.47 Å². The Hall–Kier alpha value is -5.07. The third-order valence-electron chi connectivity index (χ3n) is 6.55. The van der Waals surface area contributed by atoms with Crippen molar-refractivity contribution >= 4 is 21.5 Å². The van der Waals surface area contributed by atoms with Crippen molar-refractivity contribution in [2.24, 2.45) is 0 Å². The first kappa shape index (κ1) is 24.3. The first-order valence-electron chi connectivity index (χ1n) is 12.8. The maximum Gasteiger partial charge on any atom is 0.169 e. The molecule has 2 nitrogen and oxygen atoms in total. The van der Waals surface area contributed by atoms with Crippen molar-refractivity contribution in [2.45, 2.75) is 13.2 Å². The Morgan fingerprint density at radius 3 is 1.85 bits per heavy atom. The van der Waals surface area contributed by atoms with E-state index in [-0.39, 0.29) is 5.82 Å². The van der Waals surface area contributed by atoms with Crippen LogP contribution in [0.5, 0.6) is 11.5 Å². The topological polar surface area (TPSA) is 18.5 Å². The minimum Gasteiger partial charge on any atom is -0.485 e. The lowest BCUT2D eigenvalue weighted by Gasteiger charge is -2.16. The van der Waals surface area contributed by atoms with Crippen LogP contribution in [0.25, 0.3) is 21.5 Å². The van der Waals surface area contributed by atoms with Gasteiger partial charge in [0.15, 0.2) is 11.5 Å². The summed E-state index contributed by atoms with van der Waals surface area (Å²) in [4.78, 5) is 0. The third kappa shape index (κ3) is 5.76. The number of halogens is 1. The Labute approximate surface area is 227 Å². The number of fused-ring (bicyclic) bond motifs is 2. The van der Waals surface area contributed by atoms with E-state index < -0.39 is 0 Å². The highest BCUT2D eigenvalue weighted by Crippen LogP contribution is 2.39. The zero-order valence-electron chi connectivity index (χ0n) is 21.2. The lowest BCUT2D eigenvalue weighted by Crippen LogP contribution is -2.01. The van der Waals surface area contributed by atoms with Crippen LogP contribution in [0, 0.1) is 17.7 Å². The van der Waals surface area contributed by atoms with Crippen molar-refractivity contribution in [1.82, 2.24) is 0 Å². The molecule has 0 atom stereocenters. The average molecular weight is 509 g/mol. The Morgan fingerprint density at radius 1 is 0.513 bits per heavy atom. The van der Waals surface area contributed by atoms with Crippen LogP contribution in [-0.2, 0) is 13.2 Å². The van der Waals surface area contributed by atoms with E-state index in [1.807, 2.05) is 60.7 Å². The predicted molar refractivity (Wildman–Crippen MR) is 155 cm³/mol. The van der Waals surface area contributed by atoms with Crippen molar-refractivity contribution in [1.29, 1.82) is 0 Å². The van der Waals surface area contributed by atoms with Gasteiger partial charge in [-0.1, -0.05) is 84.6 Å². The van der Waals surface area contributed by atoms with E-state index in [2.05, 4.69) is 54.3 Å². The molecular weight excluding hydrogens is 483 g/mol. The molecule has 0 radical (unpaired) electrons. The van der Waals surface area contributed by atoms with Crippen LogP contribution in [0.15, 0.2) is 127 Å². The fraction of sp³-hybridized carbons (Fsp3) is 0.0556. The quantitative estimate of drug-likeness (QED) is 0.165. The Bertz CT molecular complexity index is 1800. The van der Waals surface area contributed by atoms with Gasteiger partial charge in [0.05, 0.1) is 0 Å². The van der Waals surface area contributed by atoms with Crippen LogP contribution in [0.2, 0.25) is 0 Å². The van der Waals surface area contributed by atoms with E-state index in [0.29, 0.717) is 19.0 Å². The number of ether oxygens (including phenoxy) is 2. The van der Waals surface area contributed by atoms with Gasteiger partial charge in [0.1, 0.15) is 19.0 Å². The van der Waals surface area contributed by atoms with Gasteiger partial charge in [0, 0.05) is 16.5 Å². The maximum atomic E-state index is 13.2. The van der Waals surface area contributed by atoms with Crippen molar-refractivity contribution in [3.8, 4) is 23.3 Å². The first-order chi connectivity index (χ1) is 19.2. The second-order valence-electron chi connectivity index (χ2n) is 9.33. The van der Waals surface area contributed by atoms with E-state index in [1.54, 1.807) is 12.1 Å². The van der Waals surface area contributed by atoms with Crippen molar-refractivity contribution < 1.29 is 13.9 Å². The van der Waals surface area contributed by atoms with Crippen LogP contribution in [-0.4, -0.2) is 0 Å². The molecule has 0 heterocycles. The largest absolute Gasteiger partial charge is 0.485 e. The molecule has 0 aromatic heterocycles. The summed E-state index contributed by atoms with van der Waals surface area (Å²) in [6, 6.07) is 41.0. The lowest BCUT2D eigenvalue weighted by molar-refractivity contribution is 0.259. The summed E-state index contributed by atoms with van der Waals surface area (Å²) in [6.45, 7) is 0.883. The van der Waals surface area contributed by atoms with Crippen molar-refractivity contribution in [2.75, 3.05) is 0 Å². The van der Waals surface area contributed by atoms with Gasteiger partial charge in [-0.15, -0.1) is 0 Å². The summed E-state index contributed by atoms with van der Waals surface area (Å²) >= 11 is 0. The van der Waals surface area contributed by atoms with Crippen LogP contribution in [0.1, 0.15) is 22.3 Å². The molecule has 0 fully saturated rings. The van der Waals surface area contributed by atoms with Crippen LogP contribution < -0.4 is 9.47 Å². The molecule has 0 amide bonds. The van der Waals surface area contributed by atoms with E-state index in [0.717, 1.165) is 49.5 Å². The molecule has 0 aliphatic rings. The molecule has 39 heavy (non-hydrogen) atoms. The molecule has 0 saturated heterocycles. The lowest BCUT2D eigenvalue weighted by atomic mass is 10.0. The minimum atomic E-state index is -0.268. The maximum absolute atomic E-state index is 13.2. The summed E-state index contributed by atoms with van der Waals surface area (Å²) in [6.07, 6.45) is 0. The Morgan fingerprint density at radius 2 is 1.13 bits per heavy atom. The normalized spacial score (nSPS) is 10.7. The fourth-order valence-electron chi connectivity index (χ4n) is 4.51. The molecular formula is C36H25FO2. The molecule has 188 valence electrons. The highest BCUT2D eigenvalue weighted by molar-refractivity contribution is 6.02. The van der Waals surface area contributed by atoms with Crippen LogP contribution in [0.3, 0.4) is 0 Å². The zero-order chi connectivity index (χ0) is 26.4. The molecule has 0 bridgehead atoms. The Balaban J connectivity index is 1.38. The highest BCUT2D eigenvalue weighted by Gasteiger charge is 2.13. The van der Waals surface area contributed by atoms with Gasteiger partial charge in [0.25, 0.3) is 0 Å². The molecule has 0 aliphatic carbocycles. The average Bonchev–Trinajstić information content (AvgIpc) is 2.99. The standard InChI is InChI=1S/C36H25FO2/c37-33-18-14-26(15-19-33)11-12-27-13-16-30-22-31-17-20-35(38-24-28-7-3-1-4-8-28)36(34(31)23-32(30)21-27)39-25-29-9-5-2-6-10-29/h1-10,13-23H,24-25H2. The molecule has 6 aromatic rings. The molecule has 6 aromatic carbocycles. The van der Waals surface area contributed by atoms with Crippen molar-refractivity contribution in [3.05, 3.63) is 155 Å². The molecule has 0 unspecified atom stereocenters. The first-order valence-corrected chi connectivity index (χ1v) is 12.8. The molecule has 0 aliphatic heterocycles. The number of benzene rings is 6. The SMILES string of the molecule is Fc1ccc(C#Cc2ccc3cc4ccc(OCc5ccccc5)c(OCc5ccccc5)c4cc3c2)cc1. The summed E-state index contributed by atoms with van der Waals surface area (Å²) in [5.41, 5.74) is 3.83. The fourth-order valence-corrected chi connectivity index (χ4v) is 4.51. The second kappa shape index (κ2) is 11.1. The Kier molecular flexibility index (Phi) is 6.93. The van der Waals surface area contributed by atoms with Gasteiger partial charge in [0.2, 0.25) is 0 Å². The molecule has 6 rings (SSSR count). The van der Waals surface area contributed by atoms with Crippen molar-refractivity contribution in [3.63, 3.8) is 0 Å². The zero-order valence-corrected chi connectivity index (χ0v) is 21.2.